The number of likely N-dealkylation sites (tertiary alicyclic amines) is 2. The Hall–Kier alpha value is -2.89. The van der Waals surface area contributed by atoms with Crippen molar-refractivity contribution in [2.45, 2.75) is 71.9 Å². The lowest BCUT2D eigenvalue weighted by Gasteiger charge is -2.42. The average Bonchev–Trinajstić information content (AvgIpc) is 3.26. The third-order valence-electron chi connectivity index (χ3n) is 7.89. The summed E-state index contributed by atoms with van der Waals surface area (Å²) in [4.78, 5) is 47.1. The molecule has 0 radical (unpaired) electrons. The van der Waals surface area contributed by atoms with Crippen LogP contribution in [0.3, 0.4) is 0 Å². The number of carbonyl (C=O) groups excluding carboxylic acids is 3. The Bertz CT molecular complexity index is 1240. The number of hydrogen-bond donors (Lipinski definition) is 3. The van der Waals surface area contributed by atoms with Gasteiger partial charge in [0.05, 0.1) is 17.1 Å². The maximum atomic E-state index is 13.4. The van der Waals surface area contributed by atoms with E-state index in [-0.39, 0.29) is 41.0 Å². The van der Waals surface area contributed by atoms with E-state index in [1.54, 1.807) is 6.92 Å². The number of nitrogens with zero attached hydrogens (tertiary/aromatic N) is 3. The van der Waals surface area contributed by atoms with Gasteiger partial charge in [-0.25, -0.2) is 14.2 Å². The molecule has 42 heavy (non-hydrogen) atoms. The van der Waals surface area contributed by atoms with Crippen LogP contribution >= 0.6 is 11.3 Å². The fraction of sp³-hybridized carbons (Fsp3) is 0.613. The van der Waals surface area contributed by atoms with Gasteiger partial charge in [-0.2, -0.15) is 0 Å². The number of rotatable bonds is 9. The van der Waals surface area contributed by atoms with Crippen molar-refractivity contribution in [2.24, 2.45) is 11.8 Å². The summed E-state index contributed by atoms with van der Waals surface area (Å²) < 4.78 is 13.4. The van der Waals surface area contributed by atoms with Crippen molar-refractivity contribution in [1.82, 2.24) is 25.4 Å². The quantitative estimate of drug-likeness (QED) is 0.367. The molecule has 3 N–H and O–H groups in total. The van der Waals surface area contributed by atoms with Gasteiger partial charge in [-0.1, -0.05) is 23.5 Å². The summed E-state index contributed by atoms with van der Waals surface area (Å²) in [5.41, 5.74) is 1.47. The molecule has 0 bridgehead atoms. The van der Waals surface area contributed by atoms with E-state index in [2.05, 4.69) is 30.7 Å². The second-order valence-electron chi connectivity index (χ2n) is 12.9. The number of nitrogens with one attached hydrogen (secondary N) is 3. The van der Waals surface area contributed by atoms with Crippen LogP contribution in [0.15, 0.2) is 24.3 Å². The molecular weight excluding hydrogens is 555 g/mol. The fourth-order valence-electron chi connectivity index (χ4n) is 6.13. The molecule has 1 aromatic heterocycles. The van der Waals surface area contributed by atoms with Crippen molar-refractivity contribution < 1.29 is 18.8 Å². The Morgan fingerprint density at radius 1 is 1.07 bits per heavy atom. The third-order valence-corrected chi connectivity index (χ3v) is 9.06. The highest BCUT2D eigenvalue weighted by atomic mass is 32.1. The molecule has 2 saturated heterocycles. The van der Waals surface area contributed by atoms with Gasteiger partial charge in [0.15, 0.2) is 10.9 Å². The summed E-state index contributed by atoms with van der Waals surface area (Å²) in [6.07, 6.45) is 3.87. The topological polar surface area (TPSA) is 107 Å². The summed E-state index contributed by atoms with van der Waals surface area (Å²) in [6, 6.07) is 6.39. The van der Waals surface area contributed by atoms with Gasteiger partial charge in [-0.05, 0) is 83.5 Å². The maximum Gasteiger partial charge on any atom is 0.321 e. The number of hydrogen-bond acceptors (Lipinski definition) is 7. The summed E-state index contributed by atoms with van der Waals surface area (Å²) in [5, 5.41) is 9.46. The highest BCUT2D eigenvalue weighted by Gasteiger charge is 2.34. The summed E-state index contributed by atoms with van der Waals surface area (Å²) in [7, 11) is 0. The molecule has 2 aliphatic rings. The van der Waals surface area contributed by atoms with Crippen LogP contribution in [-0.2, 0) is 11.2 Å². The van der Waals surface area contributed by atoms with Crippen molar-refractivity contribution in [1.29, 1.82) is 0 Å². The first-order valence-electron chi connectivity index (χ1n) is 14.9. The Kier molecular flexibility index (Phi) is 10.7. The molecule has 2 fully saturated rings. The lowest BCUT2D eigenvalue weighted by Crippen LogP contribution is -2.57. The summed E-state index contributed by atoms with van der Waals surface area (Å²) in [5.74, 6) is 0.333. The third kappa shape index (κ3) is 9.57. The van der Waals surface area contributed by atoms with Gasteiger partial charge in [-0.15, -0.1) is 0 Å². The SMILES string of the molecule is CC(=O)c1sc(NC(=O)N[C@@H]2CCN(CC(=O)NC(C)(C)C)C[C@H]2CN2CCC[C@@H](Cc3ccc(F)cc3)C2)nc1C. The van der Waals surface area contributed by atoms with Crippen molar-refractivity contribution >= 4 is 34.2 Å². The molecule has 2 aliphatic heterocycles. The summed E-state index contributed by atoms with van der Waals surface area (Å²) in [6.45, 7) is 13.7. The standard InChI is InChI=1S/C31H45FN6O3S/c1-20-28(21(2)39)42-30(33-20)35-29(41)34-26-12-14-38(19-27(40)36-31(3,4)5)18-24(26)17-37-13-6-7-23(16-37)15-22-8-10-25(32)11-9-22/h8-11,23-24,26H,6-7,12-19H2,1-5H3,(H,36,40)(H2,33,34,35,41)/t23-,24+,26+/m0/s1. The van der Waals surface area contributed by atoms with Crippen LogP contribution in [-0.4, -0.2) is 83.4 Å². The smallest absolute Gasteiger partial charge is 0.321 e. The minimum Gasteiger partial charge on any atom is -0.350 e. The molecular formula is C31H45FN6O3S. The fourth-order valence-corrected chi connectivity index (χ4v) is 6.99. The van der Waals surface area contributed by atoms with E-state index in [1.807, 2.05) is 32.9 Å². The predicted octanol–water partition coefficient (Wildman–Crippen LogP) is 4.47. The molecule has 1 aromatic carbocycles. The van der Waals surface area contributed by atoms with Crippen molar-refractivity contribution in [3.05, 3.63) is 46.2 Å². The van der Waals surface area contributed by atoms with Crippen LogP contribution in [0.1, 0.15) is 67.9 Å². The minimum atomic E-state index is -0.333. The molecule has 0 spiro atoms. The second-order valence-corrected chi connectivity index (χ2v) is 13.9. The van der Waals surface area contributed by atoms with E-state index < -0.39 is 0 Å². The predicted molar refractivity (Wildman–Crippen MR) is 165 cm³/mol. The zero-order valence-corrected chi connectivity index (χ0v) is 26.3. The van der Waals surface area contributed by atoms with Gasteiger partial charge in [0.25, 0.3) is 0 Å². The van der Waals surface area contributed by atoms with Gasteiger partial charge in [0.2, 0.25) is 5.91 Å². The first-order valence-corrected chi connectivity index (χ1v) is 15.7. The van der Waals surface area contributed by atoms with Crippen LogP contribution in [0.5, 0.6) is 0 Å². The average molecular weight is 601 g/mol. The highest BCUT2D eigenvalue weighted by Crippen LogP contribution is 2.26. The normalized spacial score (nSPS) is 22.0. The van der Waals surface area contributed by atoms with Crippen molar-refractivity contribution in [3.63, 3.8) is 0 Å². The number of halogens is 1. The first-order chi connectivity index (χ1) is 19.8. The number of amides is 3. The number of urea groups is 1. The van der Waals surface area contributed by atoms with Gasteiger partial charge >= 0.3 is 6.03 Å². The van der Waals surface area contributed by atoms with Crippen LogP contribution in [0, 0.1) is 24.6 Å². The van der Waals surface area contributed by atoms with Gasteiger partial charge in [0.1, 0.15) is 5.82 Å². The van der Waals surface area contributed by atoms with E-state index in [4.69, 9.17) is 0 Å². The Labute approximate surface area is 252 Å². The van der Waals surface area contributed by atoms with Gasteiger partial charge in [-0.3, -0.25) is 19.8 Å². The van der Waals surface area contributed by atoms with Crippen molar-refractivity contribution in [3.8, 4) is 0 Å². The number of aryl methyl sites for hydroxylation is 1. The lowest BCUT2D eigenvalue weighted by atomic mass is 9.88. The number of benzene rings is 1. The molecule has 0 unspecified atom stereocenters. The highest BCUT2D eigenvalue weighted by molar-refractivity contribution is 7.17. The number of carbonyl (C=O) groups is 3. The number of anilines is 1. The summed E-state index contributed by atoms with van der Waals surface area (Å²) >= 11 is 1.19. The lowest BCUT2D eigenvalue weighted by molar-refractivity contribution is -0.124. The van der Waals surface area contributed by atoms with Gasteiger partial charge < -0.3 is 15.5 Å². The number of ketones is 1. The van der Waals surface area contributed by atoms with E-state index >= 15 is 0 Å². The maximum absolute atomic E-state index is 13.4. The number of aromatic nitrogens is 1. The van der Waals surface area contributed by atoms with Crippen LogP contribution in [0.4, 0.5) is 14.3 Å². The Morgan fingerprint density at radius 3 is 2.48 bits per heavy atom. The monoisotopic (exact) mass is 600 g/mol. The van der Waals surface area contributed by atoms with E-state index in [0.29, 0.717) is 41.3 Å². The molecule has 3 atom stereocenters. The van der Waals surface area contributed by atoms with Crippen LogP contribution in [0.25, 0.3) is 0 Å². The Balaban J connectivity index is 1.40. The molecule has 230 valence electrons. The molecule has 2 aromatic rings. The second kappa shape index (κ2) is 14.1. The van der Waals surface area contributed by atoms with Gasteiger partial charge in [0, 0.05) is 50.6 Å². The molecule has 0 saturated carbocycles. The molecule has 3 amide bonds. The zero-order chi connectivity index (χ0) is 30.4. The van der Waals surface area contributed by atoms with E-state index in [9.17, 15) is 18.8 Å². The minimum absolute atomic E-state index is 0.00292. The largest absolute Gasteiger partial charge is 0.350 e. The zero-order valence-electron chi connectivity index (χ0n) is 25.5. The molecule has 3 heterocycles. The van der Waals surface area contributed by atoms with E-state index in [0.717, 1.165) is 50.9 Å². The number of Topliss-reactive ketones (excluding diaryl/α,β-unsaturated/α-hetero) is 1. The van der Waals surface area contributed by atoms with Crippen molar-refractivity contribution in [2.75, 3.05) is 44.6 Å². The van der Waals surface area contributed by atoms with E-state index in [1.165, 1.54) is 30.4 Å². The molecule has 11 heteroatoms. The Morgan fingerprint density at radius 2 is 1.81 bits per heavy atom. The van der Waals surface area contributed by atoms with Crippen LogP contribution in [0.2, 0.25) is 0 Å². The number of piperidine rings is 2. The van der Waals surface area contributed by atoms with Crippen LogP contribution < -0.4 is 16.0 Å². The molecule has 0 aliphatic carbocycles. The first kappa shape index (κ1) is 32.0. The number of thiazole rings is 1. The molecule has 9 nitrogen and oxygen atoms in total. The molecule has 4 rings (SSSR count).